The summed E-state index contributed by atoms with van der Waals surface area (Å²) in [5.74, 6) is 0. The van der Waals surface area contributed by atoms with E-state index < -0.39 is 0 Å². The highest BCUT2D eigenvalue weighted by Crippen LogP contribution is 2.52. The van der Waals surface area contributed by atoms with Crippen LogP contribution in [0.2, 0.25) is 0 Å². The first-order valence-electron chi connectivity index (χ1n) is 12.4. The van der Waals surface area contributed by atoms with Crippen LogP contribution >= 0.6 is 11.8 Å². The maximum Gasteiger partial charge on any atom is 0.0602 e. The molecule has 0 radical (unpaired) electrons. The van der Waals surface area contributed by atoms with E-state index in [1.54, 1.807) is 0 Å². The molecule has 0 bridgehead atoms. The van der Waals surface area contributed by atoms with Crippen LogP contribution in [-0.2, 0) is 5.41 Å². The quantitative estimate of drug-likeness (QED) is 0.264. The molecule has 3 heteroatoms. The van der Waals surface area contributed by atoms with Crippen molar-refractivity contribution in [3.63, 3.8) is 0 Å². The third-order valence-corrected chi connectivity index (χ3v) is 8.55. The number of rotatable bonds is 2. The van der Waals surface area contributed by atoms with E-state index in [0.29, 0.717) is 0 Å². The average Bonchev–Trinajstić information content (AvgIpc) is 2.92. The van der Waals surface area contributed by atoms with Gasteiger partial charge in [0.25, 0.3) is 0 Å². The van der Waals surface area contributed by atoms with Crippen molar-refractivity contribution in [2.75, 3.05) is 10.2 Å². The van der Waals surface area contributed by atoms with Crippen LogP contribution in [-0.4, -0.2) is 0 Å². The van der Waals surface area contributed by atoms with E-state index in [9.17, 15) is 0 Å². The minimum absolute atomic E-state index is 0.0702. The van der Waals surface area contributed by atoms with Crippen molar-refractivity contribution in [3.05, 3.63) is 126 Å². The Balaban J connectivity index is 1.33. The van der Waals surface area contributed by atoms with Gasteiger partial charge in [0.2, 0.25) is 0 Å². The van der Waals surface area contributed by atoms with Gasteiger partial charge in [0, 0.05) is 32.3 Å². The molecule has 7 rings (SSSR count). The zero-order valence-corrected chi connectivity index (χ0v) is 21.1. The fourth-order valence-electron chi connectivity index (χ4n) is 5.57. The van der Waals surface area contributed by atoms with Crippen LogP contribution in [0.3, 0.4) is 0 Å². The monoisotopic (exact) mass is 482 g/mol. The normalized spacial score (nSPS) is 14.7. The third-order valence-electron chi connectivity index (χ3n) is 7.44. The Morgan fingerprint density at radius 2 is 1.25 bits per heavy atom. The number of benzene rings is 5. The number of fused-ring (bicyclic) bond motifs is 4. The lowest BCUT2D eigenvalue weighted by Gasteiger charge is -2.36. The molecule has 5 aromatic carbocycles. The molecule has 0 saturated carbocycles. The fourth-order valence-corrected chi connectivity index (χ4v) is 6.67. The number of nitrogens with one attached hydrogen (secondary N) is 1. The zero-order valence-electron chi connectivity index (χ0n) is 20.3. The number of hydrogen-bond acceptors (Lipinski definition) is 3. The molecule has 36 heavy (non-hydrogen) atoms. The average molecular weight is 483 g/mol. The molecule has 0 atom stereocenters. The first kappa shape index (κ1) is 21.3. The summed E-state index contributed by atoms with van der Waals surface area (Å²) >= 11 is 1.86. The lowest BCUT2D eigenvalue weighted by molar-refractivity contribution is 0.638. The highest BCUT2D eigenvalue weighted by Gasteiger charge is 2.32. The van der Waals surface area contributed by atoms with Gasteiger partial charge in [-0.15, -0.1) is 0 Å². The molecule has 0 saturated heterocycles. The van der Waals surface area contributed by atoms with Crippen molar-refractivity contribution in [2.45, 2.75) is 29.1 Å². The standard InChI is InChI=1S/C33H26N2S/c1-33(2)25-12-6-7-13-27(25)34-28-18-16-22(20-26(28)33)23-17-19-30-32(21-23)36-31-15-9-8-14-29(31)35(30)24-10-4-3-5-11-24/h3-21,34H,1-2H3. The summed E-state index contributed by atoms with van der Waals surface area (Å²) in [7, 11) is 0. The zero-order chi connectivity index (χ0) is 24.3. The van der Waals surface area contributed by atoms with E-state index in [1.165, 1.54) is 60.5 Å². The minimum Gasteiger partial charge on any atom is -0.355 e. The van der Waals surface area contributed by atoms with Gasteiger partial charge in [-0.05, 0) is 76.9 Å². The van der Waals surface area contributed by atoms with Crippen LogP contribution in [0.1, 0.15) is 25.0 Å². The Morgan fingerprint density at radius 1 is 0.583 bits per heavy atom. The molecule has 174 valence electrons. The van der Waals surface area contributed by atoms with E-state index in [-0.39, 0.29) is 5.41 Å². The van der Waals surface area contributed by atoms with Crippen LogP contribution in [0.5, 0.6) is 0 Å². The molecule has 0 unspecified atom stereocenters. The summed E-state index contributed by atoms with van der Waals surface area (Å²) in [6.45, 7) is 4.65. The summed E-state index contributed by atoms with van der Waals surface area (Å²) < 4.78 is 0. The largest absolute Gasteiger partial charge is 0.355 e. The molecular formula is C33H26N2S. The van der Waals surface area contributed by atoms with Crippen molar-refractivity contribution >= 4 is 40.2 Å². The Labute approximate surface area is 216 Å². The second-order valence-corrected chi connectivity index (χ2v) is 11.1. The highest BCUT2D eigenvalue weighted by molar-refractivity contribution is 7.99. The Kier molecular flexibility index (Phi) is 4.77. The molecule has 2 aliphatic heterocycles. The molecule has 2 aliphatic rings. The van der Waals surface area contributed by atoms with Crippen LogP contribution < -0.4 is 10.2 Å². The summed E-state index contributed by atoms with van der Waals surface area (Å²) in [6.07, 6.45) is 0. The molecule has 0 aromatic heterocycles. The van der Waals surface area contributed by atoms with E-state index in [2.05, 4.69) is 139 Å². The van der Waals surface area contributed by atoms with Crippen molar-refractivity contribution in [2.24, 2.45) is 0 Å². The predicted octanol–water partition coefficient (Wildman–Crippen LogP) is 9.67. The molecule has 0 spiro atoms. The maximum absolute atomic E-state index is 3.65. The number of para-hydroxylation sites is 3. The summed E-state index contributed by atoms with van der Waals surface area (Å²) in [5, 5.41) is 3.65. The van der Waals surface area contributed by atoms with Gasteiger partial charge in [-0.2, -0.15) is 0 Å². The lowest BCUT2D eigenvalue weighted by atomic mass is 9.73. The van der Waals surface area contributed by atoms with Crippen LogP contribution in [0.25, 0.3) is 11.1 Å². The molecule has 0 amide bonds. The van der Waals surface area contributed by atoms with Crippen molar-refractivity contribution in [1.29, 1.82) is 0 Å². The topological polar surface area (TPSA) is 15.3 Å². The second kappa shape index (κ2) is 8.04. The first-order chi connectivity index (χ1) is 17.6. The van der Waals surface area contributed by atoms with Gasteiger partial charge in [0.15, 0.2) is 0 Å². The number of anilines is 5. The molecular weight excluding hydrogens is 456 g/mol. The minimum atomic E-state index is -0.0702. The van der Waals surface area contributed by atoms with Gasteiger partial charge < -0.3 is 10.2 Å². The second-order valence-electron chi connectivity index (χ2n) is 9.98. The van der Waals surface area contributed by atoms with Crippen LogP contribution in [0.4, 0.5) is 28.4 Å². The van der Waals surface area contributed by atoms with Gasteiger partial charge >= 0.3 is 0 Å². The van der Waals surface area contributed by atoms with Crippen molar-refractivity contribution < 1.29 is 0 Å². The third kappa shape index (κ3) is 3.27. The van der Waals surface area contributed by atoms with Gasteiger partial charge in [-0.25, -0.2) is 0 Å². The van der Waals surface area contributed by atoms with Gasteiger partial charge in [-0.3, -0.25) is 0 Å². The molecule has 1 N–H and O–H groups in total. The Bertz CT molecular complexity index is 1620. The Hall–Kier alpha value is -3.95. The molecule has 2 heterocycles. The van der Waals surface area contributed by atoms with E-state index in [4.69, 9.17) is 0 Å². The van der Waals surface area contributed by atoms with E-state index >= 15 is 0 Å². The van der Waals surface area contributed by atoms with Crippen molar-refractivity contribution in [3.8, 4) is 11.1 Å². The molecule has 5 aromatic rings. The number of hydrogen-bond donors (Lipinski definition) is 1. The van der Waals surface area contributed by atoms with Crippen LogP contribution in [0, 0.1) is 0 Å². The summed E-state index contributed by atoms with van der Waals surface area (Å²) in [4.78, 5) is 4.93. The van der Waals surface area contributed by atoms with Gasteiger partial charge in [-0.1, -0.05) is 86.3 Å². The van der Waals surface area contributed by atoms with E-state index in [1.807, 2.05) is 11.8 Å². The SMILES string of the molecule is CC1(C)c2ccccc2Nc2ccc(-c3ccc4c(c3)Sc3ccccc3N4c3ccccc3)cc21. The van der Waals surface area contributed by atoms with E-state index in [0.717, 1.165) is 0 Å². The van der Waals surface area contributed by atoms with Crippen LogP contribution in [0.15, 0.2) is 125 Å². The van der Waals surface area contributed by atoms with Gasteiger partial charge in [0.1, 0.15) is 0 Å². The van der Waals surface area contributed by atoms with Crippen molar-refractivity contribution in [1.82, 2.24) is 0 Å². The predicted molar refractivity (Wildman–Crippen MR) is 153 cm³/mol. The molecule has 0 fully saturated rings. The number of nitrogens with zero attached hydrogens (tertiary/aromatic N) is 1. The molecule has 2 nitrogen and oxygen atoms in total. The maximum atomic E-state index is 3.65. The van der Waals surface area contributed by atoms with Gasteiger partial charge in [0.05, 0.1) is 11.4 Å². The highest BCUT2D eigenvalue weighted by atomic mass is 32.2. The summed E-state index contributed by atoms with van der Waals surface area (Å²) in [5.41, 5.74) is 11.1. The first-order valence-corrected chi connectivity index (χ1v) is 13.2. The fraction of sp³-hybridized carbons (Fsp3) is 0.0909. The smallest absolute Gasteiger partial charge is 0.0602 e. The molecule has 0 aliphatic carbocycles. The Morgan fingerprint density at radius 3 is 2.14 bits per heavy atom. The summed E-state index contributed by atoms with van der Waals surface area (Å²) in [6, 6.07) is 41.7. The lowest BCUT2D eigenvalue weighted by Crippen LogP contribution is -2.25.